The van der Waals surface area contributed by atoms with Crippen LogP contribution in [-0.4, -0.2) is 46.0 Å². The summed E-state index contributed by atoms with van der Waals surface area (Å²) >= 11 is 1.72. The van der Waals surface area contributed by atoms with Crippen LogP contribution < -0.4 is 0 Å². The molecule has 1 atom stereocenters. The third-order valence-electron chi connectivity index (χ3n) is 3.75. The maximum absolute atomic E-state index is 12.6. The molecule has 110 valence electrons. The second-order valence-electron chi connectivity index (χ2n) is 5.10. The SMILES string of the molecule is CCC(C)N(CC(=O)O)C(=O)N1CCc2sccc2C1. The molecule has 0 aliphatic carbocycles. The van der Waals surface area contributed by atoms with Gasteiger partial charge < -0.3 is 14.9 Å². The van der Waals surface area contributed by atoms with Gasteiger partial charge in [-0.1, -0.05) is 6.92 Å². The van der Waals surface area contributed by atoms with Gasteiger partial charge in [0.05, 0.1) is 0 Å². The predicted octanol–water partition coefficient (Wildman–Crippen LogP) is 2.41. The van der Waals surface area contributed by atoms with Gasteiger partial charge in [-0.05, 0) is 36.8 Å². The molecule has 0 bridgehead atoms. The van der Waals surface area contributed by atoms with Crippen LogP contribution in [0.15, 0.2) is 11.4 Å². The van der Waals surface area contributed by atoms with E-state index in [2.05, 4.69) is 0 Å². The highest BCUT2D eigenvalue weighted by Crippen LogP contribution is 2.25. The molecule has 2 amide bonds. The largest absolute Gasteiger partial charge is 0.480 e. The van der Waals surface area contributed by atoms with Crippen LogP contribution >= 0.6 is 11.3 Å². The van der Waals surface area contributed by atoms with E-state index in [-0.39, 0.29) is 18.6 Å². The number of carbonyl (C=O) groups excluding carboxylic acids is 1. The Morgan fingerprint density at radius 1 is 1.55 bits per heavy atom. The van der Waals surface area contributed by atoms with Gasteiger partial charge in [-0.3, -0.25) is 4.79 Å². The van der Waals surface area contributed by atoms with Crippen LogP contribution in [0, 0.1) is 0 Å². The van der Waals surface area contributed by atoms with Crippen molar-refractivity contribution in [3.63, 3.8) is 0 Å². The summed E-state index contributed by atoms with van der Waals surface area (Å²) in [5, 5.41) is 11.0. The Morgan fingerprint density at radius 3 is 2.95 bits per heavy atom. The van der Waals surface area contributed by atoms with E-state index in [9.17, 15) is 9.59 Å². The topological polar surface area (TPSA) is 60.9 Å². The minimum atomic E-state index is -0.966. The van der Waals surface area contributed by atoms with Crippen molar-refractivity contribution in [3.05, 3.63) is 21.9 Å². The lowest BCUT2D eigenvalue weighted by atomic mass is 10.1. The van der Waals surface area contributed by atoms with Crippen molar-refractivity contribution in [2.24, 2.45) is 0 Å². The number of aliphatic carboxylic acids is 1. The molecule has 1 aromatic rings. The van der Waals surface area contributed by atoms with Crippen molar-refractivity contribution in [1.82, 2.24) is 9.80 Å². The van der Waals surface area contributed by atoms with Crippen LogP contribution in [0.1, 0.15) is 30.7 Å². The number of urea groups is 1. The van der Waals surface area contributed by atoms with Crippen LogP contribution in [0.2, 0.25) is 0 Å². The average molecular weight is 296 g/mol. The summed E-state index contributed by atoms with van der Waals surface area (Å²) in [5.74, 6) is -0.966. The van der Waals surface area contributed by atoms with Crippen molar-refractivity contribution >= 4 is 23.3 Å². The van der Waals surface area contributed by atoms with Crippen molar-refractivity contribution in [2.45, 2.75) is 39.3 Å². The summed E-state index contributed by atoms with van der Waals surface area (Å²) in [6, 6.07) is 1.81. The zero-order chi connectivity index (χ0) is 14.7. The van der Waals surface area contributed by atoms with E-state index in [1.54, 1.807) is 16.2 Å². The van der Waals surface area contributed by atoms with Crippen molar-refractivity contribution < 1.29 is 14.7 Å². The number of carbonyl (C=O) groups is 2. The van der Waals surface area contributed by atoms with Crippen LogP contribution in [0.4, 0.5) is 4.79 Å². The zero-order valence-corrected chi connectivity index (χ0v) is 12.7. The van der Waals surface area contributed by atoms with Gasteiger partial charge in [-0.2, -0.15) is 0 Å². The van der Waals surface area contributed by atoms with Gasteiger partial charge in [-0.25, -0.2) is 4.79 Å². The van der Waals surface area contributed by atoms with Gasteiger partial charge >= 0.3 is 12.0 Å². The lowest BCUT2D eigenvalue weighted by molar-refractivity contribution is -0.138. The van der Waals surface area contributed by atoms with E-state index in [0.717, 1.165) is 12.8 Å². The third-order valence-corrected chi connectivity index (χ3v) is 4.78. The highest BCUT2D eigenvalue weighted by Gasteiger charge is 2.29. The molecule has 0 fully saturated rings. The van der Waals surface area contributed by atoms with Crippen molar-refractivity contribution in [2.75, 3.05) is 13.1 Å². The molecule has 2 heterocycles. The number of fused-ring (bicyclic) bond motifs is 1. The highest BCUT2D eigenvalue weighted by atomic mass is 32.1. The Labute approximate surface area is 122 Å². The minimum absolute atomic E-state index is 0.0672. The number of carboxylic acids is 1. The normalized spacial score (nSPS) is 15.6. The van der Waals surface area contributed by atoms with E-state index in [1.807, 2.05) is 25.3 Å². The molecule has 6 heteroatoms. The van der Waals surface area contributed by atoms with Gasteiger partial charge in [0.1, 0.15) is 6.54 Å². The first kappa shape index (κ1) is 14.8. The molecule has 0 spiro atoms. The molecule has 1 aliphatic rings. The van der Waals surface area contributed by atoms with Crippen LogP contribution in [0.25, 0.3) is 0 Å². The molecule has 0 radical (unpaired) electrons. The third kappa shape index (κ3) is 3.12. The fourth-order valence-electron chi connectivity index (χ4n) is 2.37. The maximum Gasteiger partial charge on any atom is 0.323 e. The minimum Gasteiger partial charge on any atom is -0.480 e. The first-order valence-corrected chi connectivity index (χ1v) is 7.73. The van der Waals surface area contributed by atoms with E-state index < -0.39 is 5.97 Å². The Hall–Kier alpha value is -1.56. The van der Waals surface area contributed by atoms with Crippen molar-refractivity contribution in [1.29, 1.82) is 0 Å². The lowest BCUT2D eigenvalue weighted by Crippen LogP contribution is -2.50. The molecule has 0 aromatic carbocycles. The zero-order valence-electron chi connectivity index (χ0n) is 11.8. The number of hydrogen-bond acceptors (Lipinski definition) is 3. The van der Waals surface area contributed by atoms with Gasteiger partial charge in [-0.15, -0.1) is 11.3 Å². The van der Waals surface area contributed by atoms with Crippen molar-refractivity contribution in [3.8, 4) is 0 Å². The molecule has 1 aliphatic heterocycles. The van der Waals surface area contributed by atoms with E-state index in [4.69, 9.17) is 5.11 Å². The average Bonchev–Trinajstić information content (AvgIpc) is 2.90. The smallest absolute Gasteiger partial charge is 0.323 e. The summed E-state index contributed by atoms with van der Waals surface area (Å²) < 4.78 is 0. The van der Waals surface area contributed by atoms with E-state index >= 15 is 0 Å². The van der Waals surface area contributed by atoms with E-state index in [1.165, 1.54) is 15.3 Å². The number of hydrogen-bond donors (Lipinski definition) is 1. The Morgan fingerprint density at radius 2 is 2.30 bits per heavy atom. The van der Waals surface area contributed by atoms with E-state index in [0.29, 0.717) is 13.1 Å². The Balaban J connectivity index is 2.10. The summed E-state index contributed by atoms with van der Waals surface area (Å²) in [6.45, 7) is 4.87. The van der Waals surface area contributed by atoms with Crippen LogP contribution in [-0.2, 0) is 17.8 Å². The van der Waals surface area contributed by atoms with Crippen LogP contribution in [0.5, 0.6) is 0 Å². The molecule has 1 unspecified atom stereocenters. The standard InChI is InChI=1S/C14H20N2O3S/c1-3-10(2)16(9-13(17)18)14(19)15-6-4-12-11(8-15)5-7-20-12/h5,7,10H,3-4,6,8-9H2,1-2H3,(H,17,18). The van der Waals surface area contributed by atoms with Gasteiger partial charge in [0.25, 0.3) is 0 Å². The second kappa shape index (κ2) is 6.26. The fraction of sp³-hybridized carbons (Fsp3) is 0.571. The molecule has 1 aromatic heterocycles. The Bertz CT molecular complexity index is 500. The number of thiophene rings is 1. The molecular weight excluding hydrogens is 276 g/mol. The molecule has 20 heavy (non-hydrogen) atoms. The van der Waals surface area contributed by atoms with Crippen LogP contribution in [0.3, 0.4) is 0 Å². The number of rotatable bonds is 4. The summed E-state index contributed by atoms with van der Waals surface area (Å²) in [4.78, 5) is 28.1. The maximum atomic E-state index is 12.6. The highest BCUT2D eigenvalue weighted by molar-refractivity contribution is 7.10. The lowest BCUT2D eigenvalue weighted by Gasteiger charge is -2.35. The molecule has 5 nitrogen and oxygen atoms in total. The number of nitrogens with zero attached hydrogens (tertiary/aromatic N) is 2. The molecular formula is C14H20N2O3S. The molecule has 2 rings (SSSR count). The molecule has 0 saturated carbocycles. The fourth-order valence-corrected chi connectivity index (χ4v) is 3.26. The van der Waals surface area contributed by atoms with Gasteiger partial charge in [0.2, 0.25) is 0 Å². The number of amides is 2. The monoisotopic (exact) mass is 296 g/mol. The predicted molar refractivity (Wildman–Crippen MR) is 77.9 cm³/mol. The summed E-state index contributed by atoms with van der Waals surface area (Å²) in [7, 11) is 0. The second-order valence-corrected chi connectivity index (χ2v) is 6.10. The quantitative estimate of drug-likeness (QED) is 0.928. The first-order chi connectivity index (χ1) is 9.52. The summed E-state index contributed by atoms with van der Waals surface area (Å²) in [5.41, 5.74) is 1.19. The summed E-state index contributed by atoms with van der Waals surface area (Å²) in [6.07, 6.45) is 1.61. The molecule has 0 saturated heterocycles. The Kier molecular flexibility index (Phi) is 4.65. The first-order valence-electron chi connectivity index (χ1n) is 6.85. The molecule has 1 N–H and O–H groups in total. The number of carboxylic acid groups (broad SMARTS) is 1. The van der Waals surface area contributed by atoms with Gasteiger partial charge in [0, 0.05) is 24.0 Å². The van der Waals surface area contributed by atoms with Gasteiger partial charge in [0.15, 0.2) is 0 Å².